The first-order valence-electron chi connectivity index (χ1n) is 6.33. The highest BCUT2D eigenvalue weighted by molar-refractivity contribution is 5.90. The van der Waals surface area contributed by atoms with Crippen LogP contribution in [0.5, 0.6) is 0 Å². The summed E-state index contributed by atoms with van der Waals surface area (Å²) in [6, 6.07) is -1.17. The zero-order valence-corrected chi connectivity index (χ0v) is 10.5. The molecule has 0 saturated carbocycles. The third kappa shape index (κ3) is 2.19. The molecule has 0 radical (unpaired) electrons. The number of hydrogen-bond acceptors (Lipinski definition) is 3. The van der Waals surface area contributed by atoms with E-state index in [0.29, 0.717) is 25.9 Å². The molecule has 2 fully saturated rings. The number of carboxylic acid groups (broad SMARTS) is 1. The Bertz CT molecular complexity index is 348. The van der Waals surface area contributed by atoms with Gasteiger partial charge < -0.3 is 14.9 Å². The Morgan fingerprint density at radius 3 is 2.11 bits per heavy atom. The first-order valence-corrected chi connectivity index (χ1v) is 6.33. The van der Waals surface area contributed by atoms with Crippen molar-refractivity contribution in [1.82, 2.24) is 9.80 Å². The van der Waals surface area contributed by atoms with Gasteiger partial charge in [-0.05, 0) is 25.7 Å². The molecule has 2 atom stereocenters. The molecular formula is C12H18N2O4. The molecule has 0 aromatic heterocycles. The molecule has 100 valence electrons. The Balaban J connectivity index is 2.11. The molecular weight excluding hydrogens is 236 g/mol. The van der Waals surface area contributed by atoms with Crippen molar-refractivity contribution < 1.29 is 19.5 Å². The SMILES string of the molecule is CC(=O)N1CCC[C@H]1C(=O)N1CCC[C@H]1C(=O)O. The lowest BCUT2D eigenvalue weighted by Gasteiger charge is -2.29. The molecule has 0 bridgehead atoms. The number of amides is 2. The van der Waals surface area contributed by atoms with E-state index < -0.39 is 18.1 Å². The van der Waals surface area contributed by atoms with E-state index in [4.69, 9.17) is 5.11 Å². The number of likely N-dealkylation sites (tertiary alicyclic amines) is 2. The molecule has 2 amide bonds. The molecule has 0 aromatic carbocycles. The Labute approximate surface area is 106 Å². The molecule has 2 heterocycles. The molecule has 2 aliphatic rings. The zero-order chi connectivity index (χ0) is 13.3. The van der Waals surface area contributed by atoms with Gasteiger partial charge in [-0.15, -0.1) is 0 Å². The van der Waals surface area contributed by atoms with E-state index in [-0.39, 0.29) is 11.8 Å². The van der Waals surface area contributed by atoms with Gasteiger partial charge >= 0.3 is 5.97 Å². The fourth-order valence-corrected chi connectivity index (χ4v) is 2.88. The van der Waals surface area contributed by atoms with Crippen LogP contribution in [0.25, 0.3) is 0 Å². The van der Waals surface area contributed by atoms with Gasteiger partial charge in [-0.2, -0.15) is 0 Å². The number of carbonyl (C=O) groups is 3. The summed E-state index contributed by atoms with van der Waals surface area (Å²) in [5.74, 6) is -1.27. The second-order valence-electron chi connectivity index (χ2n) is 4.90. The van der Waals surface area contributed by atoms with Crippen molar-refractivity contribution in [3.8, 4) is 0 Å². The Morgan fingerprint density at radius 2 is 1.56 bits per heavy atom. The van der Waals surface area contributed by atoms with Crippen molar-refractivity contribution in [3.05, 3.63) is 0 Å². The van der Waals surface area contributed by atoms with Crippen LogP contribution in [0, 0.1) is 0 Å². The van der Waals surface area contributed by atoms with E-state index in [1.54, 1.807) is 4.90 Å². The summed E-state index contributed by atoms with van der Waals surface area (Å²) in [7, 11) is 0. The average molecular weight is 254 g/mol. The molecule has 2 aliphatic heterocycles. The maximum atomic E-state index is 12.3. The van der Waals surface area contributed by atoms with Crippen LogP contribution in [0.15, 0.2) is 0 Å². The van der Waals surface area contributed by atoms with Crippen molar-refractivity contribution in [2.45, 2.75) is 44.7 Å². The van der Waals surface area contributed by atoms with Crippen molar-refractivity contribution in [1.29, 1.82) is 0 Å². The highest BCUT2D eigenvalue weighted by Crippen LogP contribution is 2.24. The number of carbonyl (C=O) groups excluding carboxylic acids is 2. The number of rotatable bonds is 2. The number of aliphatic carboxylic acids is 1. The number of carboxylic acids is 1. The van der Waals surface area contributed by atoms with Gasteiger partial charge in [0.2, 0.25) is 11.8 Å². The Kier molecular flexibility index (Phi) is 3.54. The summed E-state index contributed by atoms with van der Waals surface area (Å²) in [4.78, 5) is 37.8. The lowest BCUT2D eigenvalue weighted by Crippen LogP contribution is -2.50. The van der Waals surface area contributed by atoms with E-state index in [9.17, 15) is 14.4 Å². The first kappa shape index (κ1) is 12.9. The third-order valence-electron chi connectivity index (χ3n) is 3.76. The molecule has 18 heavy (non-hydrogen) atoms. The minimum absolute atomic E-state index is 0.114. The van der Waals surface area contributed by atoms with Gasteiger partial charge in [0.1, 0.15) is 12.1 Å². The molecule has 2 rings (SSSR count). The van der Waals surface area contributed by atoms with Gasteiger partial charge in [0, 0.05) is 20.0 Å². The summed E-state index contributed by atoms with van der Waals surface area (Å²) in [5.41, 5.74) is 0. The molecule has 6 nitrogen and oxygen atoms in total. The third-order valence-corrected chi connectivity index (χ3v) is 3.76. The molecule has 0 aromatic rings. The van der Waals surface area contributed by atoms with Crippen LogP contribution in [0.4, 0.5) is 0 Å². The van der Waals surface area contributed by atoms with E-state index in [2.05, 4.69) is 0 Å². The van der Waals surface area contributed by atoms with Crippen LogP contribution in [0.1, 0.15) is 32.6 Å². The van der Waals surface area contributed by atoms with E-state index in [1.165, 1.54) is 11.8 Å². The summed E-state index contributed by atoms with van der Waals surface area (Å²) in [6.45, 7) is 2.53. The molecule has 6 heteroatoms. The van der Waals surface area contributed by atoms with E-state index in [0.717, 1.165) is 12.8 Å². The molecule has 2 saturated heterocycles. The van der Waals surface area contributed by atoms with Crippen molar-refractivity contribution in [2.24, 2.45) is 0 Å². The van der Waals surface area contributed by atoms with Crippen LogP contribution >= 0.6 is 0 Å². The van der Waals surface area contributed by atoms with Crippen LogP contribution in [-0.4, -0.2) is 57.9 Å². The lowest BCUT2D eigenvalue weighted by atomic mass is 10.1. The number of hydrogen-bond donors (Lipinski definition) is 1. The smallest absolute Gasteiger partial charge is 0.326 e. The van der Waals surface area contributed by atoms with Gasteiger partial charge in [0.05, 0.1) is 0 Å². The van der Waals surface area contributed by atoms with Gasteiger partial charge in [-0.25, -0.2) is 4.79 Å². The fraction of sp³-hybridized carbons (Fsp3) is 0.750. The highest BCUT2D eigenvalue weighted by atomic mass is 16.4. The predicted octanol–water partition coefficient (Wildman–Crippen LogP) is 0.0729. The Hall–Kier alpha value is -1.59. The second kappa shape index (κ2) is 4.96. The van der Waals surface area contributed by atoms with Crippen LogP contribution < -0.4 is 0 Å². The van der Waals surface area contributed by atoms with Crippen LogP contribution in [-0.2, 0) is 14.4 Å². The normalized spacial score (nSPS) is 27.6. The maximum Gasteiger partial charge on any atom is 0.326 e. The van der Waals surface area contributed by atoms with Gasteiger partial charge in [-0.1, -0.05) is 0 Å². The number of nitrogens with zero attached hydrogens (tertiary/aromatic N) is 2. The van der Waals surface area contributed by atoms with Crippen molar-refractivity contribution in [3.63, 3.8) is 0 Å². The monoisotopic (exact) mass is 254 g/mol. The van der Waals surface area contributed by atoms with E-state index >= 15 is 0 Å². The highest BCUT2D eigenvalue weighted by Gasteiger charge is 2.41. The minimum atomic E-state index is -0.951. The fourth-order valence-electron chi connectivity index (χ4n) is 2.88. The van der Waals surface area contributed by atoms with Crippen LogP contribution in [0.3, 0.4) is 0 Å². The summed E-state index contributed by atoms with van der Waals surface area (Å²) >= 11 is 0. The van der Waals surface area contributed by atoms with Gasteiger partial charge in [-0.3, -0.25) is 9.59 Å². The standard InChI is InChI=1S/C12H18N2O4/c1-8(15)13-6-2-4-9(13)11(16)14-7-3-5-10(14)12(17)18/h9-10H,2-7H2,1H3,(H,17,18)/t9-,10-/m0/s1. The van der Waals surface area contributed by atoms with Crippen LogP contribution in [0.2, 0.25) is 0 Å². The summed E-state index contributed by atoms with van der Waals surface area (Å²) in [5, 5.41) is 9.08. The second-order valence-corrected chi connectivity index (χ2v) is 4.90. The molecule has 0 spiro atoms. The topological polar surface area (TPSA) is 77.9 Å². The molecule has 0 aliphatic carbocycles. The molecule has 0 unspecified atom stereocenters. The Morgan fingerprint density at radius 1 is 1.00 bits per heavy atom. The summed E-state index contributed by atoms with van der Waals surface area (Å²) < 4.78 is 0. The van der Waals surface area contributed by atoms with Gasteiger partial charge in [0.15, 0.2) is 0 Å². The maximum absolute atomic E-state index is 12.3. The largest absolute Gasteiger partial charge is 0.480 e. The van der Waals surface area contributed by atoms with Crippen molar-refractivity contribution in [2.75, 3.05) is 13.1 Å². The zero-order valence-electron chi connectivity index (χ0n) is 10.5. The molecule has 1 N–H and O–H groups in total. The first-order chi connectivity index (χ1) is 8.52. The predicted molar refractivity (Wildman–Crippen MR) is 62.8 cm³/mol. The van der Waals surface area contributed by atoms with Crippen molar-refractivity contribution >= 4 is 17.8 Å². The average Bonchev–Trinajstić information content (AvgIpc) is 2.97. The lowest BCUT2D eigenvalue weighted by molar-refractivity contribution is -0.151. The van der Waals surface area contributed by atoms with E-state index in [1.807, 2.05) is 0 Å². The quantitative estimate of drug-likeness (QED) is 0.756. The van der Waals surface area contributed by atoms with Gasteiger partial charge in [0.25, 0.3) is 0 Å². The summed E-state index contributed by atoms with van der Waals surface area (Å²) in [6.07, 6.45) is 2.67. The minimum Gasteiger partial charge on any atom is -0.480 e.